The lowest BCUT2D eigenvalue weighted by Gasteiger charge is -2.39. The molecule has 8 nitrogen and oxygen atoms in total. The van der Waals surface area contributed by atoms with Crippen molar-refractivity contribution in [3.63, 3.8) is 0 Å². The van der Waals surface area contributed by atoms with E-state index in [1.165, 1.54) is 36.9 Å². The molecule has 6 rings (SSSR count). The molecule has 1 unspecified atom stereocenters. The molecule has 0 radical (unpaired) electrons. The lowest BCUT2D eigenvalue weighted by atomic mass is 9.82. The Hall–Kier alpha value is -2.64. The van der Waals surface area contributed by atoms with E-state index in [2.05, 4.69) is 45.2 Å². The second-order valence-corrected chi connectivity index (χ2v) is 11.8. The second-order valence-electron chi connectivity index (χ2n) is 11.8. The zero-order valence-electron chi connectivity index (χ0n) is 21.3. The van der Waals surface area contributed by atoms with Gasteiger partial charge in [-0.05, 0) is 63.2 Å². The highest BCUT2D eigenvalue weighted by Crippen LogP contribution is 2.36. The normalized spacial score (nSPS) is 24.2. The maximum absolute atomic E-state index is 13.5. The molecular weight excluding hydrogens is 438 g/mol. The lowest BCUT2D eigenvalue weighted by molar-refractivity contribution is -0.134. The summed E-state index contributed by atoms with van der Waals surface area (Å²) in [6.45, 7) is 7.16. The van der Waals surface area contributed by atoms with Crippen LogP contribution in [0.25, 0.3) is 0 Å². The molecule has 4 heterocycles. The van der Waals surface area contributed by atoms with Gasteiger partial charge in [0.05, 0.1) is 5.69 Å². The maximum Gasteiger partial charge on any atom is 0.245 e. The van der Waals surface area contributed by atoms with Crippen LogP contribution in [0.2, 0.25) is 0 Å². The summed E-state index contributed by atoms with van der Waals surface area (Å²) in [5.74, 6) is 3.25. The summed E-state index contributed by atoms with van der Waals surface area (Å²) in [7, 11) is 0. The quantitative estimate of drug-likeness (QED) is 0.648. The smallest absolute Gasteiger partial charge is 0.245 e. The Kier molecular flexibility index (Phi) is 5.93. The van der Waals surface area contributed by atoms with Gasteiger partial charge in [0, 0.05) is 42.9 Å². The van der Waals surface area contributed by atoms with Crippen LogP contribution in [-0.2, 0) is 17.6 Å². The molecule has 3 fully saturated rings. The van der Waals surface area contributed by atoms with Gasteiger partial charge >= 0.3 is 0 Å². The third-order valence-corrected chi connectivity index (χ3v) is 8.78. The van der Waals surface area contributed by atoms with Crippen molar-refractivity contribution in [3.8, 4) is 0 Å². The minimum absolute atomic E-state index is 0.150. The first kappa shape index (κ1) is 22.8. The zero-order chi connectivity index (χ0) is 24.0. The first-order chi connectivity index (χ1) is 17.0. The van der Waals surface area contributed by atoms with Crippen molar-refractivity contribution >= 4 is 23.5 Å². The fraction of sp³-hybridized carbons (Fsp3) is 0.704. The number of piperidine rings is 1. The number of likely N-dealkylation sites (tertiary alicyclic amines) is 1. The van der Waals surface area contributed by atoms with Gasteiger partial charge in [0.25, 0.3) is 0 Å². The van der Waals surface area contributed by atoms with Gasteiger partial charge in [-0.2, -0.15) is 10.1 Å². The van der Waals surface area contributed by atoms with Gasteiger partial charge in [0.2, 0.25) is 11.9 Å². The Morgan fingerprint density at radius 2 is 1.83 bits per heavy atom. The van der Waals surface area contributed by atoms with Crippen molar-refractivity contribution < 1.29 is 4.79 Å². The molecule has 1 saturated carbocycles. The number of aromatic nitrogens is 4. The first-order valence-corrected chi connectivity index (χ1v) is 13.7. The fourth-order valence-corrected chi connectivity index (χ4v) is 6.43. The van der Waals surface area contributed by atoms with Crippen molar-refractivity contribution in [3.05, 3.63) is 23.0 Å². The van der Waals surface area contributed by atoms with E-state index in [0.29, 0.717) is 17.3 Å². The molecule has 2 aromatic rings. The predicted molar refractivity (Wildman–Crippen MR) is 137 cm³/mol. The Bertz CT molecular complexity index is 1080. The first-order valence-electron chi connectivity index (χ1n) is 13.7. The van der Waals surface area contributed by atoms with Crippen LogP contribution in [0.4, 0.5) is 17.6 Å². The summed E-state index contributed by atoms with van der Waals surface area (Å²) in [6.07, 6.45) is 12.2. The van der Waals surface area contributed by atoms with Gasteiger partial charge < -0.3 is 15.1 Å². The number of carbonyl (C=O) groups is 1. The van der Waals surface area contributed by atoms with Crippen LogP contribution < -0.4 is 10.2 Å². The monoisotopic (exact) mass is 477 g/mol. The number of fused-ring (bicyclic) bond motifs is 1. The Morgan fingerprint density at radius 1 is 1.03 bits per heavy atom. The van der Waals surface area contributed by atoms with Gasteiger partial charge in [-0.25, -0.2) is 4.98 Å². The Balaban J connectivity index is 1.23. The van der Waals surface area contributed by atoms with Crippen molar-refractivity contribution in [1.29, 1.82) is 0 Å². The molecule has 8 heteroatoms. The fourth-order valence-electron chi connectivity index (χ4n) is 6.43. The highest BCUT2D eigenvalue weighted by Gasteiger charge is 2.38. The van der Waals surface area contributed by atoms with Crippen molar-refractivity contribution in [2.45, 2.75) is 96.4 Å². The van der Waals surface area contributed by atoms with Crippen LogP contribution in [0.3, 0.4) is 0 Å². The molecule has 2 aromatic heterocycles. The highest BCUT2D eigenvalue weighted by molar-refractivity contribution is 5.85. The number of nitrogens with one attached hydrogen (secondary N) is 2. The van der Waals surface area contributed by atoms with E-state index in [0.717, 1.165) is 81.9 Å². The van der Waals surface area contributed by atoms with Crippen LogP contribution in [0.1, 0.15) is 94.5 Å². The molecule has 0 bridgehead atoms. The number of aromatic amines is 1. The number of hydrogen-bond donors (Lipinski definition) is 2. The molecule has 2 aliphatic heterocycles. The molecule has 188 valence electrons. The third-order valence-electron chi connectivity index (χ3n) is 8.78. The number of rotatable bonds is 5. The number of H-pyrrole nitrogens is 1. The Morgan fingerprint density at radius 3 is 2.63 bits per heavy atom. The minimum Gasteiger partial charge on any atom is -0.341 e. The number of nitrogens with zero attached hydrogens (tertiary/aromatic N) is 5. The number of hydrogen-bond acceptors (Lipinski definition) is 6. The van der Waals surface area contributed by atoms with Crippen molar-refractivity contribution in [1.82, 2.24) is 25.1 Å². The van der Waals surface area contributed by atoms with E-state index in [1.807, 2.05) is 0 Å². The van der Waals surface area contributed by atoms with Crippen LogP contribution in [0.5, 0.6) is 0 Å². The summed E-state index contributed by atoms with van der Waals surface area (Å²) < 4.78 is 0. The molecule has 1 amide bonds. The minimum atomic E-state index is -0.150. The predicted octanol–water partition coefficient (Wildman–Crippen LogP) is 4.71. The van der Waals surface area contributed by atoms with Gasteiger partial charge in [-0.15, -0.1) is 0 Å². The number of anilines is 3. The van der Waals surface area contributed by atoms with E-state index >= 15 is 0 Å². The number of amides is 1. The van der Waals surface area contributed by atoms with E-state index in [-0.39, 0.29) is 11.9 Å². The molecule has 4 aliphatic rings. The van der Waals surface area contributed by atoms with Crippen LogP contribution in [-0.4, -0.2) is 56.6 Å². The molecule has 1 atom stereocenters. The standard InChI is InChI=1S/C27H39N7O/c1-27(2)12-15-33(16-13-27)25(35)22-11-6-14-34(22)26-28-20-10-5-9-19(20)24(30-26)29-23-17-21(31-32-23)18-7-3-4-8-18/h17-18,22H,3-16H2,1-2H3,(H2,28,29,30,31,32). The molecule has 0 aromatic carbocycles. The average molecular weight is 478 g/mol. The summed E-state index contributed by atoms with van der Waals surface area (Å²) in [5.41, 5.74) is 3.90. The maximum atomic E-state index is 13.5. The Labute approximate surface area is 208 Å². The van der Waals surface area contributed by atoms with E-state index < -0.39 is 0 Å². The third kappa shape index (κ3) is 4.52. The van der Waals surface area contributed by atoms with E-state index in [1.54, 1.807) is 0 Å². The molecule has 2 saturated heterocycles. The van der Waals surface area contributed by atoms with E-state index in [9.17, 15) is 4.79 Å². The van der Waals surface area contributed by atoms with Crippen LogP contribution in [0, 0.1) is 5.41 Å². The van der Waals surface area contributed by atoms with Gasteiger partial charge in [0.15, 0.2) is 5.82 Å². The summed E-state index contributed by atoms with van der Waals surface area (Å²) >= 11 is 0. The summed E-state index contributed by atoms with van der Waals surface area (Å²) in [4.78, 5) is 27.8. The van der Waals surface area contributed by atoms with Crippen LogP contribution in [0.15, 0.2) is 6.07 Å². The molecule has 35 heavy (non-hydrogen) atoms. The number of carbonyl (C=O) groups excluding carboxylic acids is 1. The van der Waals surface area contributed by atoms with Crippen molar-refractivity contribution in [2.75, 3.05) is 29.9 Å². The summed E-state index contributed by atoms with van der Waals surface area (Å²) in [6, 6.07) is 2.00. The number of aryl methyl sites for hydroxylation is 1. The largest absolute Gasteiger partial charge is 0.341 e. The zero-order valence-corrected chi connectivity index (χ0v) is 21.3. The molecule has 2 aliphatic carbocycles. The average Bonchev–Trinajstić information content (AvgIpc) is 3.65. The lowest BCUT2D eigenvalue weighted by Crippen LogP contribution is -2.50. The highest BCUT2D eigenvalue weighted by atomic mass is 16.2. The van der Waals surface area contributed by atoms with Crippen LogP contribution >= 0.6 is 0 Å². The van der Waals surface area contributed by atoms with Gasteiger partial charge in [-0.1, -0.05) is 26.7 Å². The van der Waals surface area contributed by atoms with E-state index in [4.69, 9.17) is 9.97 Å². The molecular formula is C27H39N7O. The molecule has 2 N–H and O–H groups in total. The summed E-state index contributed by atoms with van der Waals surface area (Å²) in [5, 5.41) is 11.3. The SMILES string of the molecule is CC1(C)CCN(C(=O)C2CCCN2c2nc3c(c(Nc4cc(C5CCCC5)[nH]n4)n2)CCC3)CC1. The second kappa shape index (κ2) is 9.10. The van der Waals surface area contributed by atoms with Crippen molar-refractivity contribution in [2.24, 2.45) is 5.41 Å². The van der Waals surface area contributed by atoms with Gasteiger partial charge in [0.1, 0.15) is 11.9 Å². The molecule has 0 spiro atoms. The van der Waals surface area contributed by atoms with Gasteiger partial charge in [-0.3, -0.25) is 9.89 Å². The topological polar surface area (TPSA) is 90.0 Å².